The molecule has 0 aliphatic heterocycles. The standard InChI is InChI=1S/C28H30Cl2FN3O4S/c1-3-4-16-32-28(36)20(2)33(18-21-10-13-23(31)14-11-21)27(35)19-34(26-17-22(29)12-15-25(26)30)39(37,38)24-8-6-5-7-9-24/h5-15,17,20H,3-4,16,18-19H2,1-2H3,(H,32,36)/t20-/m1/s1. The molecule has 7 nitrogen and oxygen atoms in total. The maximum absolute atomic E-state index is 13.8. The monoisotopic (exact) mass is 593 g/mol. The number of anilines is 1. The Bertz CT molecular complexity index is 1390. The number of hydrogen-bond acceptors (Lipinski definition) is 4. The first-order valence-electron chi connectivity index (χ1n) is 12.4. The van der Waals surface area contributed by atoms with Crippen molar-refractivity contribution in [2.45, 2.75) is 44.2 Å². The van der Waals surface area contributed by atoms with Gasteiger partial charge in [-0.25, -0.2) is 12.8 Å². The second kappa shape index (κ2) is 13.8. The number of nitrogens with one attached hydrogen (secondary N) is 1. The van der Waals surface area contributed by atoms with E-state index in [1.54, 1.807) is 25.1 Å². The zero-order valence-electron chi connectivity index (χ0n) is 21.6. The van der Waals surface area contributed by atoms with Gasteiger partial charge in [0.1, 0.15) is 18.4 Å². The van der Waals surface area contributed by atoms with Crippen LogP contribution in [0.4, 0.5) is 10.1 Å². The lowest BCUT2D eigenvalue weighted by molar-refractivity contribution is -0.139. The summed E-state index contributed by atoms with van der Waals surface area (Å²) in [6.07, 6.45) is 1.64. The average Bonchev–Trinajstić information content (AvgIpc) is 2.92. The van der Waals surface area contributed by atoms with E-state index in [1.807, 2.05) is 6.92 Å². The molecule has 0 aromatic heterocycles. The summed E-state index contributed by atoms with van der Waals surface area (Å²) in [4.78, 5) is 28.0. The molecule has 3 rings (SSSR count). The summed E-state index contributed by atoms with van der Waals surface area (Å²) in [7, 11) is -4.27. The molecule has 11 heteroatoms. The van der Waals surface area contributed by atoms with E-state index in [1.165, 1.54) is 59.5 Å². The van der Waals surface area contributed by atoms with Crippen molar-refractivity contribution in [1.29, 1.82) is 0 Å². The van der Waals surface area contributed by atoms with Gasteiger partial charge in [0.25, 0.3) is 10.0 Å². The third-order valence-electron chi connectivity index (χ3n) is 6.05. The number of hydrogen-bond donors (Lipinski definition) is 1. The van der Waals surface area contributed by atoms with Crippen LogP contribution in [0.1, 0.15) is 32.3 Å². The van der Waals surface area contributed by atoms with Crippen molar-refractivity contribution in [3.8, 4) is 0 Å². The van der Waals surface area contributed by atoms with Crippen molar-refractivity contribution < 1.29 is 22.4 Å². The first-order valence-corrected chi connectivity index (χ1v) is 14.6. The summed E-state index contributed by atoms with van der Waals surface area (Å²) in [6.45, 7) is 3.27. The van der Waals surface area contributed by atoms with Gasteiger partial charge >= 0.3 is 0 Å². The largest absolute Gasteiger partial charge is 0.354 e. The average molecular weight is 595 g/mol. The van der Waals surface area contributed by atoms with Crippen LogP contribution >= 0.6 is 23.2 Å². The van der Waals surface area contributed by atoms with E-state index in [2.05, 4.69) is 5.32 Å². The van der Waals surface area contributed by atoms with Crippen LogP contribution in [0.3, 0.4) is 0 Å². The van der Waals surface area contributed by atoms with Crippen LogP contribution in [-0.4, -0.2) is 44.3 Å². The number of benzene rings is 3. The molecule has 0 aliphatic rings. The molecule has 0 heterocycles. The lowest BCUT2D eigenvalue weighted by Gasteiger charge is -2.32. The van der Waals surface area contributed by atoms with E-state index in [9.17, 15) is 22.4 Å². The van der Waals surface area contributed by atoms with Gasteiger partial charge in [-0.1, -0.05) is 66.9 Å². The first kappa shape index (κ1) is 30.4. The fraction of sp³-hybridized carbons (Fsp3) is 0.286. The first-order chi connectivity index (χ1) is 18.5. The number of sulfonamides is 1. The second-order valence-corrected chi connectivity index (χ2v) is 11.6. The molecule has 3 aromatic rings. The predicted molar refractivity (Wildman–Crippen MR) is 152 cm³/mol. The summed E-state index contributed by atoms with van der Waals surface area (Å²) < 4.78 is 41.9. The second-order valence-electron chi connectivity index (χ2n) is 8.89. The molecular weight excluding hydrogens is 564 g/mol. The Morgan fingerprint density at radius 1 is 1.00 bits per heavy atom. The van der Waals surface area contributed by atoms with Gasteiger partial charge in [-0.15, -0.1) is 0 Å². The van der Waals surface area contributed by atoms with Crippen LogP contribution in [0, 0.1) is 5.82 Å². The van der Waals surface area contributed by atoms with Gasteiger partial charge in [0.15, 0.2) is 0 Å². The van der Waals surface area contributed by atoms with Gasteiger partial charge in [0.05, 0.1) is 15.6 Å². The number of halogens is 3. The van der Waals surface area contributed by atoms with Crippen molar-refractivity contribution in [3.63, 3.8) is 0 Å². The molecule has 2 amide bonds. The van der Waals surface area contributed by atoms with E-state index in [-0.39, 0.29) is 27.2 Å². The Morgan fingerprint density at radius 2 is 1.67 bits per heavy atom. The molecule has 0 saturated carbocycles. The molecule has 0 spiro atoms. The van der Waals surface area contributed by atoms with Crippen molar-refractivity contribution >= 4 is 50.7 Å². The smallest absolute Gasteiger partial charge is 0.264 e. The van der Waals surface area contributed by atoms with E-state index in [4.69, 9.17) is 23.2 Å². The molecule has 3 aromatic carbocycles. The molecule has 0 unspecified atom stereocenters. The molecule has 208 valence electrons. The van der Waals surface area contributed by atoms with Crippen molar-refractivity contribution in [2.75, 3.05) is 17.4 Å². The predicted octanol–water partition coefficient (Wildman–Crippen LogP) is 5.66. The topological polar surface area (TPSA) is 86.8 Å². The Morgan fingerprint density at radius 3 is 2.31 bits per heavy atom. The van der Waals surface area contributed by atoms with Crippen LogP contribution in [-0.2, 0) is 26.2 Å². The summed E-state index contributed by atoms with van der Waals surface area (Å²) >= 11 is 12.6. The number of nitrogens with zero attached hydrogens (tertiary/aromatic N) is 2. The van der Waals surface area contributed by atoms with E-state index in [0.29, 0.717) is 12.1 Å². The molecule has 0 saturated heterocycles. The molecule has 0 radical (unpaired) electrons. The minimum atomic E-state index is -4.27. The van der Waals surface area contributed by atoms with Crippen LogP contribution < -0.4 is 9.62 Å². The molecule has 0 fully saturated rings. The lowest BCUT2D eigenvalue weighted by Crippen LogP contribution is -2.51. The third-order valence-corrected chi connectivity index (χ3v) is 8.38. The molecule has 0 bridgehead atoms. The quantitative estimate of drug-likeness (QED) is 0.274. The summed E-state index contributed by atoms with van der Waals surface area (Å²) in [5.41, 5.74) is 0.583. The molecule has 1 N–H and O–H groups in total. The molecule has 1 atom stereocenters. The van der Waals surface area contributed by atoms with E-state index < -0.39 is 40.2 Å². The van der Waals surface area contributed by atoms with Crippen LogP contribution in [0.15, 0.2) is 77.7 Å². The lowest BCUT2D eigenvalue weighted by atomic mass is 10.1. The highest BCUT2D eigenvalue weighted by Crippen LogP contribution is 2.33. The Kier molecular flexibility index (Phi) is 10.7. The van der Waals surface area contributed by atoms with Crippen molar-refractivity contribution in [2.24, 2.45) is 0 Å². The van der Waals surface area contributed by atoms with Gasteiger partial charge in [0.2, 0.25) is 11.8 Å². The van der Waals surface area contributed by atoms with Gasteiger partial charge in [0, 0.05) is 18.1 Å². The summed E-state index contributed by atoms with van der Waals surface area (Å²) in [6, 6.07) is 16.5. The Hall–Kier alpha value is -3.14. The number of rotatable bonds is 12. The zero-order valence-corrected chi connectivity index (χ0v) is 23.9. The number of carbonyl (C=O) groups excluding carboxylic acids is 2. The number of carbonyl (C=O) groups is 2. The highest BCUT2D eigenvalue weighted by molar-refractivity contribution is 7.92. The van der Waals surface area contributed by atoms with Gasteiger partial charge in [-0.05, 0) is 61.4 Å². The highest BCUT2D eigenvalue weighted by atomic mass is 35.5. The summed E-state index contributed by atoms with van der Waals surface area (Å²) in [5, 5.41) is 3.10. The maximum Gasteiger partial charge on any atom is 0.264 e. The molecular formula is C28H30Cl2FN3O4S. The number of unbranched alkanes of at least 4 members (excludes halogenated alkanes) is 1. The third kappa shape index (κ3) is 7.94. The molecule has 0 aliphatic carbocycles. The SMILES string of the molecule is CCCCNC(=O)[C@@H](C)N(Cc1ccc(F)cc1)C(=O)CN(c1cc(Cl)ccc1Cl)S(=O)(=O)c1ccccc1. The minimum absolute atomic E-state index is 0.0168. The van der Waals surface area contributed by atoms with Gasteiger partial charge < -0.3 is 10.2 Å². The Labute approximate surface area is 238 Å². The van der Waals surface area contributed by atoms with Crippen LogP contribution in [0.25, 0.3) is 0 Å². The zero-order chi connectivity index (χ0) is 28.6. The minimum Gasteiger partial charge on any atom is -0.354 e. The fourth-order valence-corrected chi connectivity index (χ4v) is 5.70. The van der Waals surface area contributed by atoms with Crippen LogP contribution in [0.2, 0.25) is 10.0 Å². The van der Waals surface area contributed by atoms with Crippen molar-refractivity contribution in [1.82, 2.24) is 10.2 Å². The van der Waals surface area contributed by atoms with E-state index >= 15 is 0 Å². The number of amides is 2. The molecule has 39 heavy (non-hydrogen) atoms. The maximum atomic E-state index is 13.8. The van der Waals surface area contributed by atoms with E-state index in [0.717, 1.165) is 17.1 Å². The summed E-state index contributed by atoms with van der Waals surface area (Å²) in [5.74, 6) is -1.50. The normalized spacial score (nSPS) is 12.0. The Balaban J connectivity index is 2.02. The van der Waals surface area contributed by atoms with Gasteiger partial charge in [-0.3, -0.25) is 13.9 Å². The van der Waals surface area contributed by atoms with Crippen LogP contribution in [0.5, 0.6) is 0 Å². The highest BCUT2D eigenvalue weighted by Gasteiger charge is 2.33. The fourth-order valence-electron chi connectivity index (χ4n) is 3.82. The van der Waals surface area contributed by atoms with Crippen molar-refractivity contribution in [3.05, 3.63) is 94.2 Å². The van der Waals surface area contributed by atoms with Gasteiger partial charge in [-0.2, -0.15) is 0 Å².